The van der Waals surface area contributed by atoms with E-state index in [0.717, 1.165) is 11.0 Å². The molecule has 2 aromatic heterocycles. The van der Waals surface area contributed by atoms with Crippen molar-refractivity contribution in [2.45, 2.75) is 39.5 Å². The van der Waals surface area contributed by atoms with Gasteiger partial charge in [0.25, 0.3) is 0 Å². The maximum absolute atomic E-state index is 11.6. The van der Waals surface area contributed by atoms with Crippen LogP contribution >= 0.6 is 0 Å². The summed E-state index contributed by atoms with van der Waals surface area (Å²) in [5.74, 6) is 0.743. The first-order valence-corrected chi connectivity index (χ1v) is 7.47. The summed E-state index contributed by atoms with van der Waals surface area (Å²) in [7, 11) is 0. The van der Waals surface area contributed by atoms with Crippen LogP contribution in [-0.2, 0) is 17.8 Å². The van der Waals surface area contributed by atoms with Gasteiger partial charge in [0.15, 0.2) is 5.82 Å². The minimum Gasteiger partial charge on any atom is -0.444 e. The minimum absolute atomic E-state index is 0.122. The molecule has 24 heavy (non-hydrogen) atoms. The second-order valence-electron chi connectivity index (χ2n) is 6.20. The SMILES string of the molecule is CC(C)(C)OC(=O)NCc1noc(Cn2nnc3ccccc32)n1. The van der Waals surface area contributed by atoms with Gasteiger partial charge in [0.2, 0.25) is 5.89 Å². The number of amides is 1. The summed E-state index contributed by atoms with van der Waals surface area (Å²) < 4.78 is 12.0. The van der Waals surface area contributed by atoms with Crippen molar-refractivity contribution < 1.29 is 14.1 Å². The lowest BCUT2D eigenvalue weighted by Crippen LogP contribution is -2.32. The number of fused-ring (bicyclic) bond motifs is 1. The maximum Gasteiger partial charge on any atom is 0.408 e. The first-order chi connectivity index (χ1) is 11.4. The molecule has 0 bridgehead atoms. The van der Waals surface area contributed by atoms with Gasteiger partial charge in [-0.15, -0.1) is 5.10 Å². The van der Waals surface area contributed by atoms with Crippen molar-refractivity contribution in [2.24, 2.45) is 0 Å². The third-order valence-corrected chi connectivity index (χ3v) is 3.01. The molecule has 0 aliphatic rings. The van der Waals surface area contributed by atoms with Crippen LogP contribution in [0.1, 0.15) is 32.5 Å². The first kappa shape index (κ1) is 15.9. The van der Waals surface area contributed by atoms with E-state index in [1.54, 1.807) is 25.5 Å². The number of ether oxygens (including phenoxy) is 1. The Morgan fingerprint density at radius 3 is 2.92 bits per heavy atom. The van der Waals surface area contributed by atoms with Crippen molar-refractivity contribution in [3.63, 3.8) is 0 Å². The number of nitrogens with zero attached hydrogens (tertiary/aromatic N) is 5. The van der Waals surface area contributed by atoms with Crippen LogP contribution in [0.5, 0.6) is 0 Å². The summed E-state index contributed by atoms with van der Waals surface area (Å²) in [5, 5.41) is 14.5. The van der Waals surface area contributed by atoms with Gasteiger partial charge in [0, 0.05) is 0 Å². The summed E-state index contributed by atoms with van der Waals surface area (Å²) in [4.78, 5) is 15.8. The lowest BCUT2D eigenvalue weighted by atomic mass is 10.2. The van der Waals surface area contributed by atoms with Crippen LogP contribution in [0.25, 0.3) is 11.0 Å². The van der Waals surface area contributed by atoms with Gasteiger partial charge in [-0.3, -0.25) is 0 Å². The molecule has 3 aromatic rings. The number of carbonyl (C=O) groups is 1. The zero-order valence-corrected chi connectivity index (χ0v) is 13.7. The molecule has 0 unspecified atom stereocenters. The molecule has 1 aromatic carbocycles. The fourth-order valence-corrected chi connectivity index (χ4v) is 2.05. The third kappa shape index (κ3) is 3.86. The van der Waals surface area contributed by atoms with Crippen LogP contribution in [0.4, 0.5) is 4.79 Å². The smallest absolute Gasteiger partial charge is 0.408 e. The van der Waals surface area contributed by atoms with Gasteiger partial charge >= 0.3 is 6.09 Å². The fraction of sp³-hybridized carbons (Fsp3) is 0.400. The third-order valence-electron chi connectivity index (χ3n) is 3.01. The number of alkyl carbamates (subject to hydrolysis) is 1. The Morgan fingerprint density at radius 2 is 2.12 bits per heavy atom. The molecule has 0 saturated carbocycles. The van der Waals surface area contributed by atoms with Gasteiger partial charge in [-0.25, -0.2) is 9.48 Å². The van der Waals surface area contributed by atoms with Gasteiger partial charge in [-0.2, -0.15) is 4.98 Å². The molecule has 3 rings (SSSR count). The Bertz CT molecular complexity index is 848. The number of nitrogens with one attached hydrogen (secondary N) is 1. The Hall–Kier alpha value is -2.97. The second-order valence-corrected chi connectivity index (χ2v) is 6.20. The van der Waals surface area contributed by atoms with Crippen molar-refractivity contribution >= 4 is 17.1 Å². The summed E-state index contributed by atoms with van der Waals surface area (Å²) in [6.45, 7) is 5.81. The molecule has 2 heterocycles. The van der Waals surface area contributed by atoms with E-state index in [1.165, 1.54) is 0 Å². The van der Waals surface area contributed by atoms with Crippen LogP contribution in [-0.4, -0.2) is 36.8 Å². The molecule has 0 fully saturated rings. The van der Waals surface area contributed by atoms with Crippen LogP contribution < -0.4 is 5.32 Å². The largest absolute Gasteiger partial charge is 0.444 e. The topological polar surface area (TPSA) is 108 Å². The van der Waals surface area contributed by atoms with Crippen molar-refractivity contribution in [3.05, 3.63) is 36.0 Å². The van der Waals surface area contributed by atoms with Crippen molar-refractivity contribution in [2.75, 3.05) is 0 Å². The molecule has 0 atom stereocenters. The van der Waals surface area contributed by atoms with Crippen molar-refractivity contribution in [1.29, 1.82) is 0 Å². The predicted molar refractivity (Wildman–Crippen MR) is 84.0 cm³/mol. The normalized spacial score (nSPS) is 11.6. The molecule has 9 heteroatoms. The molecular weight excluding hydrogens is 312 g/mol. The lowest BCUT2D eigenvalue weighted by Gasteiger charge is -2.19. The highest BCUT2D eigenvalue weighted by molar-refractivity contribution is 5.73. The summed E-state index contributed by atoms with van der Waals surface area (Å²) >= 11 is 0. The second kappa shape index (κ2) is 6.26. The van der Waals surface area contributed by atoms with Gasteiger partial charge < -0.3 is 14.6 Å². The highest BCUT2D eigenvalue weighted by atomic mass is 16.6. The molecule has 9 nitrogen and oxygen atoms in total. The molecule has 0 saturated heterocycles. The van der Waals surface area contributed by atoms with E-state index >= 15 is 0 Å². The molecular formula is C15H18N6O3. The first-order valence-electron chi connectivity index (χ1n) is 7.47. The van der Waals surface area contributed by atoms with Crippen LogP contribution in [0.2, 0.25) is 0 Å². The predicted octanol–water partition coefficient (Wildman–Crippen LogP) is 1.89. The van der Waals surface area contributed by atoms with E-state index < -0.39 is 11.7 Å². The van der Waals surface area contributed by atoms with Gasteiger partial charge in [-0.05, 0) is 32.9 Å². The zero-order valence-electron chi connectivity index (χ0n) is 13.7. The van der Waals surface area contributed by atoms with Crippen LogP contribution in [0, 0.1) is 0 Å². The van der Waals surface area contributed by atoms with E-state index in [0.29, 0.717) is 18.3 Å². The number of benzene rings is 1. The summed E-state index contributed by atoms with van der Waals surface area (Å²) in [5.41, 5.74) is 1.12. The van der Waals surface area contributed by atoms with Crippen molar-refractivity contribution in [3.8, 4) is 0 Å². The summed E-state index contributed by atoms with van der Waals surface area (Å²) in [6, 6.07) is 7.60. The standard InChI is InChI=1S/C15H18N6O3/c1-15(2,3)23-14(22)16-8-12-17-13(24-19-12)9-21-11-7-5-4-6-10(11)18-20-21/h4-7H,8-9H2,1-3H3,(H,16,22). The fourth-order valence-electron chi connectivity index (χ4n) is 2.05. The Morgan fingerprint density at radius 1 is 1.33 bits per heavy atom. The van der Waals surface area contributed by atoms with E-state index in [2.05, 4.69) is 25.8 Å². The molecule has 126 valence electrons. The van der Waals surface area contributed by atoms with E-state index in [-0.39, 0.29) is 6.54 Å². The van der Waals surface area contributed by atoms with Gasteiger partial charge in [0.05, 0.1) is 12.1 Å². The number of hydrogen-bond donors (Lipinski definition) is 1. The molecule has 0 spiro atoms. The molecule has 0 radical (unpaired) electrons. The molecule has 1 amide bonds. The average molecular weight is 330 g/mol. The monoisotopic (exact) mass is 330 g/mol. The van der Waals surface area contributed by atoms with Crippen LogP contribution in [0.15, 0.2) is 28.8 Å². The number of carbonyl (C=O) groups excluding carboxylic acids is 1. The highest BCUT2D eigenvalue weighted by Crippen LogP contribution is 2.11. The number of rotatable bonds is 4. The summed E-state index contributed by atoms with van der Waals surface area (Å²) in [6.07, 6.45) is -0.531. The quantitative estimate of drug-likeness (QED) is 0.778. The van der Waals surface area contributed by atoms with E-state index in [4.69, 9.17) is 9.26 Å². The highest BCUT2D eigenvalue weighted by Gasteiger charge is 2.17. The van der Waals surface area contributed by atoms with Gasteiger partial charge in [-0.1, -0.05) is 22.5 Å². The average Bonchev–Trinajstić information content (AvgIpc) is 3.12. The molecule has 0 aliphatic carbocycles. The van der Waals surface area contributed by atoms with E-state index in [1.807, 2.05) is 24.3 Å². The minimum atomic E-state index is -0.555. The zero-order chi connectivity index (χ0) is 17.2. The Kier molecular flexibility index (Phi) is 4.15. The van der Waals surface area contributed by atoms with Crippen molar-refractivity contribution in [1.82, 2.24) is 30.5 Å². The number of aromatic nitrogens is 5. The van der Waals surface area contributed by atoms with E-state index in [9.17, 15) is 4.79 Å². The number of hydrogen-bond acceptors (Lipinski definition) is 7. The van der Waals surface area contributed by atoms with Gasteiger partial charge in [0.1, 0.15) is 17.7 Å². The molecule has 1 N–H and O–H groups in total. The lowest BCUT2D eigenvalue weighted by molar-refractivity contribution is 0.0522. The Balaban J connectivity index is 1.61. The molecule has 0 aliphatic heterocycles. The van der Waals surface area contributed by atoms with Crippen LogP contribution in [0.3, 0.4) is 0 Å². The number of para-hydroxylation sites is 1. The Labute approximate surface area is 138 Å². The maximum atomic E-state index is 11.6.